The van der Waals surface area contributed by atoms with Gasteiger partial charge < -0.3 is 9.09 Å². The van der Waals surface area contributed by atoms with Gasteiger partial charge >= 0.3 is 0 Å². The van der Waals surface area contributed by atoms with Crippen molar-refractivity contribution < 1.29 is 4.52 Å². The van der Waals surface area contributed by atoms with Gasteiger partial charge in [0.15, 0.2) is 0 Å². The van der Waals surface area contributed by atoms with Gasteiger partial charge in [0.25, 0.3) is 5.89 Å². The molecule has 0 saturated heterocycles. The van der Waals surface area contributed by atoms with E-state index in [0.29, 0.717) is 16.8 Å². The van der Waals surface area contributed by atoms with E-state index in [9.17, 15) is 4.79 Å². The zero-order valence-electron chi connectivity index (χ0n) is 14.8. The smallest absolute Gasteiger partial charge is 0.263 e. The van der Waals surface area contributed by atoms with Gasteiger partial charge in [0.2, 0.25) is 11.3 Å². The molecule has 0 aliphatic carbocycles. The van der Waals surface area contributed by atoms with Crippen LogP contribution in [0.2, 0.25) is 0 Å². The Balaban J connectivity index is 1.86. The lowest BCUT2D eigenvalue weighted by atomic mass is 10.1. The first-order valence-corrected chi connectivity index (χ1v) is 8.70. The normalized spacial score (nSPS) is 11.2. The number of para-hydroxylation sites is 1. The number of hydrogen-bond donors (Lipinski definition) is 0. The fourth-order valence-corrected chi connectivity index (χ4v) is 3.08. The molecule has 0 bridgehead atoms. The number of aromatic nitrogens is 3. The largest absolute Gasteiger partial charge is 0.346 e. The topological polar surface area (TPSA) is 60.9 Å². The molecule has 2 heterocycles. The van der Waals surface area contributed by atoms with Crippen molar-refractivity contribution in [2.75, 3.05) is 0 Å². The summed E-state index contributed by atoms with van der Waals surface area (Å²) in [6.07, 6.45) is 2.78. The maximum absolute atomic E-state index is 12.9. The van der Waals surface area contributed by atoms with Gasteiger partial charge in [-0.2, -0.15) is 4.98 Å². The highest BCUT2D eigenvalue weighted by Gasteiger charge is 2.17. The van der Waals surface area contributed by atoms with Crippen molar-refractivity contribution in [3.05, 3.63) is 70.5 Å². The molecule has 0 fully saturated rings. The zero-order chi connectivity index (χ0) is 18.1. The molecule has 130 valence electrons. The van der Waals surface area contributed by atoms with Crippen molar-refractivity contribution >= 4 is 10.9 Å². The highest BCUT2D eigenvalue weighted by molar-refractivity contribution is 5.82. The van der Waals surface area contributed by atoms with Crippen molar-refractivity contribution in [2.45, 2.75) is 26.8 Å². The number of pyridine rings is 1. The van der Waals surface area contributed by atoms with E-state index >= 15 is 0 Å². The summed E-state index contributed by atoms with van der Waals surface area (Å²) in [5.41, 5.74) is 3.28. The van der Waals surface area contributed by atoms with E-state index in [2.05, 4.69) is 21.6 Å². The summed E-state index contributed by atoms with van der Waals surface area (Å²) in [5, 5.41) is 4.72. The molecule has 0 unspecified atom stereocenters. The molecule has 2 aromatic carbocycles. The summed E-state index contributed by atoms with van der Waals surface area (Å²) >= 11 is 0. The fourth-order valence-electron chi connectivity index (χ4n) is 3.08. The van der Waals surface area contributed by atoms with Crippen LogP contribution in [0.4, 0.5) is 0 Å². The van der Waals surface area contributed by atoms with Gasteiger partial charge in [-0.25, -0.2) is 0 Å². The van der Waals surface area contributed by atoms with Crippen molar-refractivity contribution in [1.82, 2.24) is 14.7 Å². The maximum atomic E-state index is 12.9. The SMILES string of the molecule is CCCn1cc(-c2nc(-c3ccc(C)cc3)no2)c(=O)c2ccccc21. The van der Waals surface area contributed by atoms with E-state index in [1.165, 1.54) is 0 Å². The van der Waals surface area contributed by atoms with Crippen molar-refractivity contribution in [1.29, 1.82) is 0 Å². The van der Waals surface area contributed by atoms with Gasteiger partial charge in [0, 0.05) is 23.7 Å². The summed E-state index contributed by atoms with van der Waals surface area (Å²) in [6.45, 7) is 4.94. The Kier molecular flexibility index (Phi) is 4.13. The second-order valence-corrected chi connectivity index (χ2v) is 6.37. The molecular weight excluding hydrogens is 326 g/mol. The molecule has 0 aliphatic heterocycles. The van der Waals surface area contributed by atoms with E-state index in [4.69, 9.17) is 4.52 Å². The molecule has 2 aromatic heterocycles. The van der Waals surface area contributed by atoms with E-state index in [0.717, 1.165) is 29.6 Å². The number of nitrogens with zero attached hydrogens (tertiary/aromatic N) is 3. The van der Waals surface area contributed by atoms with Crippen LogP contribution in [0, 0.1) is 6.92 Å². The minimum atomic E-state index is -0.0907. The van der Waals surface area contributed by atoms with Crippen LogP contribution in [0.1, 0.15) is 18.9 Å². The second kappa shape index (κ2) is 6.59. The molecule has 5 heteroatoms. The molecule has 0 N–H and O–H groups in total. The van der Waals surface area contributed by atoms with Gasteiger partial charge in [-0.1, -0.05) is 54.0 Å². The van der Waals surface area contributed by atoms with Crippen LogP contribution in [0.25, 0.3) is 33.7 Å². The molecule has 4 rings (SSSR count). The molecule has 4 aromatic rings. The second-order valence-electron chi connectivity index (χ2n) is 6.37. The Morgan fingerprint density at radius 3 is 2.62 bits per heavy atom. The summed E-state index contributed by atoms with van der Waals surface area (Å²) in [7, 11) is 0. The number of fused-ring (bicyclic) bond motifs is 1. The van der Waals surface area contributed by atoms with Crippen LogP contribution < -0.4 is 5.43 Å². The predicted molar refractivity (Wildman–Crippen MR) is 102 cm³/mol. The third-order valence-electron chi connectivity index (χ3n) is 4.42. The highest BCUT2D eigenvalue weighted by Crippen LogP contribution is 2.23. The van der Waals surface area contributed by atoms with Crippen molar-refractivity contribution in [3.8, 4) is 22.8 Å². The summed E-state index contributed by atoms with van der Waals surface area (Å²) in [5.74, 6) is 0.732. The van der Waals surface area contributed by atoms with Gasteiger partial charge in [-0.15, -0.1) is 0 Å². The Labute approximate surface area is 150 Å². The van der Waals surface area contributed by atoms with Crippen molar-refractivity contribution in [3.63, 3.8) is 0 Å². The number of hydrogen-bond acceptors (Lipinski definition) is 4. The highest BCUT2D eigenvalue weighted by atomic mass is 16.5. The van der Waals surface area contributed by atoms with E-state index in [-0.39, 0.29) is 11.3 Å². The summed E-state index contributed by atoms with van der Waals surface area (Å²) in [4.78, 5) is 17.4. The molecule has 5 nitrogen and oxygen atoms in total. The van der Waals surface area contributed by atoms with Crippen molar-refractivity contribution in [2.24, 2.45) is 0 Å². The van der Waals surface area contributed by atoms with Crippen LogP contribution in [0.3, 0.4) is 0 Å². The van der Waals surface area contributed by atoms with Crippen LogP contribution in [0.15, 0.2) is 64.0 Å². The van der Waals surface area contributed by atoms with Crippen LogP contribution >= 0.6 is 0 Å². The average molecular weight is 345 g/mol. The van der Waals surface area contributed by atoms with E-state index in [1.54, 1.807) is 0 Å². The fraction of sp³-hybridized carbons (Fsp3) is 0.190. The quantitative estimate of drug-likeness (QED) is 0.549. The van der Waals surface area contributed by atoms with E-state index < -0.39 is 0 Å². The van der Waals surface area contributed by atoms with Gasteiger partial charge in [0.1, 0.15) is 5.56 Å². The molecule has 0 amide bonds. The lowest BCUT2D eigenvalue weighted by molar-refractivity contribution is 0.431. The third kappa shape index (κ3) is 2.81. The standard InChI is InChI=1S/C21H19N3O2/c1-3-12-24-13-17(19(25)16-6-4-5-7-18(16)24)21-22-20(23-26-21)15-10-8-14(2)9-11-15/h4-11,13H,3,12H2,1-2H3. The van der Waals surface area contributed by atoms with Gasteiger partial charge in [-0.05, 0) is 25.5 Å². The Bertz CT molecular complexity index is 1120. The average Bonchev–Trinajstić information content (AvgIpc) is 3.15. The minimum absolute atomic E-state index is 0.0907. The molecule has 26 heavy (non-hydrogen) atoms. The van der Waals surface area contributed by atoms with E-state index in [1.807, 2.05) is 61.7 Å². The lowest BCUT2D eigenvalue weighted by Crippen LogP contribution is -2.12. The predicted octanol–water partition coefficient (Wildman–Crippen LogP) is 4.44. The summed E-state index contributed by atoms with van der Waals surface area (Å²) < 4.78 is 7.50. The Hall–Kier alpha value is -3.21. The molecule has 0 aliphatic rings. The third-order valence-corrected chi connectivity index (χ3v) is 4.42. The Morgan fingerprint density at radius 1 is 1.08 bits per heavy atom. The zero-order valence-corrected chi connectivity index (χ0v) is 14.8. The first kappa shape index (κ1) is 16.3. The van der Waals surface area contributed by atoms with Crippen LogP contribution in [-0.2, 0) is 6.54 Å². The molecular formula is C21H19N3O2. The molecule has 0 atom stereocenters. The number of rotatable bonds is 4. The minimum Gasteiger partial charge on any atom is -0.346 e. The molecule has 0 saturated carbocycles. The van der Waals surface area contributed by atoms with Gasteiger partial charge in [-0.3, -0.25) is 4.79 Å². The number of aryl methyl sites for hydroxylation is 2. The van der Waals surface area contributed by atoms with Crippen LogP contribution in [0.5, 0.6) is 0 Å². The maximum Gasteiger partial charge on any atom is 0.263 e. The monoisotopic (exact) mass is 345 g/mol. The first-order valence-electron chi connectivity index (χ1n) is 8.70. The lowest BCUT2D eigenvalue weighted by Gasteiger charge is -2.10. The Morgan fingerprint density at radius 2 is 1.85 bits per heavy atom. The first-order chi connectivity index (χ1) is 12.7. The van der Waals surface area contributed by atoms with Crippen LogP contribution in [-0.4, -0.2) is 14.7 Å². The molecule has 0 radical (unpaired) electrons. The van der Waals surface area contributed by atoms with Gasteiger partial charge in [0.05, 0.1) is 5.52 Å². The summed E-state index contributed by atoms with van der Waals surface area (Å²) in [6, 6.07) is 15.5. The molecule has 0 spiro atoms. The number of benzene rings is 2.